The zero-order chi connectivity index (χ0) is 47.8. The van der Waals surface area contributed by atoms with E-state index in [2.05, 4.69) is 10.6 Å². The third kappa shape index (κ3) is 14.9. The quantitative estimate of drug-likeness (QED) is 0.149. The number of anilines is 1. The molecule has 0 saturated carbocycles. The fourth-order valence-corrected chi connectivity index (χ4v) is 7.81. The van der Waals surface area contributed by atoms with Crippen molar-refractivity contribution in [2.24, 2.45) is 0 Å². The number of nitrogens with zero attached hydrogens (tertiary/aromatic N) is 2. The predicted molar refractivity (Wildman–Crippen MR) is 227 cm³/mol. The monoisotopic (exact) mass is 928 g/mol. The summed E-state index contributed by atoms with van der Waals surface area (Å²) in [5.74, 6) is -6.37. The Labute approximate surface area is 373 Å². The number of carbonyl (C=O) groups excluding carboxylic acids is 6. The number of likely N-dealkylation sites (tertiary alicyclic amines) is 1. The van der Waals surface area contributed by atoms with Crippen molar-refractivity contribution >= 4 is 63.0 Å². The fraction of sp³-hybridized carbons (Fsp3) is 0.409. The molecule has 2 aliphatic rings. The molecule has 1 fully saturated rings. The molecule has 21 heteroatoms. The van der Waals surface area contributed by atoms with Gasteiger partial charge < -0.3 is 30.3 Å². The number of nitrogens with one attached hydrogen (secondary N) is 2. The smallest absolute Gasteiger partial charge is 0.415 e. The summed E-state index contributed by atoms with van der Waals surface area (Å²) in [6, 6.07) is 15.3. The van der Waals surface area contributed by atoms with E-state index in [9.17, 15) is 55.6 Å². The van der Waals surface area contributed by atoms with Gasteiger partial charge in [-0.25, -0.2) is 26.8 Å². The van der Waals surface area contributed by atoms with Crippen LogP contribution < -0.4 is 15.5 Å². The van der Waals surface area contributed by atoms with Gasteiger partial charge in [0.05, 0.1) is 23.4 Å². The van der Waals surface area contributed by atoms with Crippen LogP contribution in [0.15, 0.2) is 77.7 Å². The largest absolute Gasteiger partial charge is 0.481 e. The first-order valence-electron chi connectivity index (χ1n) is 20.4. The topological polar surface area (TPSA) is 260 Å². The highest BCUT2D eigenvalue weighted by atomic mass is 32.2. The van der Waals surface area contributed by atoms with Crippen LogP contribution in [-0.2, 0) is 67.7 Å². The SMILES string of the molecule is CS(=O)(=O)c1cccc(COC(=O)N2CCCC[C@H]2C(=O)NC(CC(=O)O)C(=O)CF)c1.Cc1cccc(COC(=O)N2c3ccccc3CC[C@H]2C(=O)NC(CC(=O)O)C(=O)CF)c1. The standard InChI is InChI=1S/C24H25FN2O6.C20H25FN2O8S/c1-15-5-4-6-16(11-15)14-33-24(32)27-19-8-3-2-7-17(19)9-10-20(27)23(31)26-18(12-22(29)30)21(28)13-25;1-32(29,30)14-6-4-5-13(9-14)12-31-20(28)23-8-3-2-7-16(23)19(27)22-15(10-18(25)26)17(24)11-21/h2-8,11,18,20H,9-10,12-14H2,1H3,(H,26,31)(H,29,30);4-6,9,15-16H,2-3,7-8,10-12H2,1H3,(H,22,27)(H,25,26)/t18?,20-;15?,16-/m00/s1. The highest BCUT2D eigenvalue weighted by Gasteiger charge is 2.39. The number of ether oxygens (including phenoxy) is 2. The third-order valence-electron chi connectivity index (χ3n) is 10.4. The van der Waals surface area contributed by atoms with Crippen molar-refractivity contribution in [2.75, 3.05) is 31.0 Å². The van der Waals surface area contributed by atoms with Gasteiger partial charge in [0.1, 0.15) is 50.7 Å². The number of alkyl halides is 2. The summed E-state index contributed by atoms with van der Waals surface area (Å²) >= 11 is 0. The van der Waals surface area contributed by atoms with E-state index in [1.54, 1.807) is 18.2 Å². The minimum absolute atomic E-state index is 0.00447. The van der Waals surface area contributed by atoms with Crippen LogP contribution in [0.1, 0.15) is 60.8 Å². The van der Waals surface area contributed by atoms with E-state index >= 15 is 0 Å². The Morgan fingerprint density at radius 3 is 1.85 bits per heavy atom. The minimum atomic E-state index is -3.43. The molecule has 0 aliphatic carbocycles. The number of para-hydroxylation sites is 1. The number of carboxylic acids is 2. The van der Waals surface area contributed by atoms with Crippen molar-refractivity contribution in [3.8, 4) is 0 Å². The molecule has 1 saturated heterocycles. The minimum Gasteiger partial charge on any atom is -0.481 e. The summed E-state index contributed by atoms with van der Waals surface area (Å²) in [7, 11) is -3.43. The number of hydrogen-bond donors (Lipinski definition) is 4. The Balaban J connectivity index is 0.000000285. The van der Waals surface area contributed by atoms with Gasteiger partial charge in [-0.3, -0.25) is 38.6 Å². The molecule has 4 N–H and O–H groups in total. The molecule has 2 heterocycles. The molecule has 3 aromatic carbocycles. The number of sulfone groups is 1. The van der Waals surface area contributed by atoms with E-state index in [1.165, 1.54) is 23.1 Å². The number of carboxylic acid groups (broad SMARTS) is 2. The zero-order valence-corrected chi connectivity index (χ0v) is 36.4. The molecule has 65 heavy (non-hydrogen) atoms. The second kappa shape index (κ2) is 23.8. The van der Waals surface area contributed by atoms with Crippen molar-refractivity contribution in [1.29, 1.82) is 0 Å². The third-order valence-corrected chi connectivity index (χ3v) is 11.5. The lowest BCUT2D eigenvalue weighted by molar-refractivity contribution is -0.141. The maximum atomic E-state index is 13.1. The average molecular weight is 929 g/mol. The number of halogens is 2. The van der Waals surface area contributed by atoms with Crippen LogP contribution in [-0.4, -0.2) is 121 Å². The van der Waals surface area contributed by atoms with Gasteiger partial charge in [-0.05, 0) is 73.9 Å². The lowest BCUT2D eigenvalue weighted by Gasteiger charge is -2.36. The Bertz CT molecular complexity index is 2360. The Morgan fingerprint density at radius 1 is 0.723 bits per heavy atom. The van der Waals surface area contributed by atoms with Gasteiger partial charge in [0, 0.05) is 12.8 Å². The maximum absolute atomic E-state index is 13.1. The number of ketones is 2. The van der Waals surface area contributed by atoms with Gasteiger partial charge in [-0.1, -0.05) is 60.2 Å². The van der Waals surface area contributed by atoms with Gasteiger partial charge in [0.2, 0.25) is 11.8 Å². The molecule has 0 aromatic heterocycles. The summed E-state index contributed by atoms with van der Waals surface area (Å²) in [6.07, 6.45) is 0.134. The van der Waals surface area contributed by atoms with Crippen LogP contribution in [0.4, 0.5) is 24.1 Å². The number of fused-ring (bicyclic) bond motifs is 1. The number of piperidine rings is 1. The summed E-state index contributed by atoms with van der Waals surface area (Å²) < 4.78 is 59.7. The Kier molecular flexibility index (Phi) is 18.6. The highest BCUT2D eigenvalue weighted by Crippen LogP contribution is 2.32. The number of hydrogen-bond acceptors (Lipinski definition) is 12. The number of carbonyl (C=O) groups is 8. The number of aliphatic carboxylic acids is 2. The maximum Gasteiger partial charge on any atom is 0.415 e. The molecule has 4 amide bonds. The lowest BCUT2D eigenvalue weighted by atomic mass is 9.95. The second-order valence-corrected chi connectivity index (χ2v) is 17.3. The molecule has 350 valence electrons. The van der Waals surface area contributed by atoms with Crippen molar-refractivity contribution in [2.45, 2.75) is 94.1 Å². The Hall–Kier alpha value is -6.77. The molecule has 0 bridgehead atoms. The van der Waals surface area contributed by atoms with E-state index in [0.717, 1.165) is 27.8 Å². The van der Waals surface area contributed by atoms with Crippen LogP contribution in [0.3, 0.4) is 0 Å². The van der Waals surface area contributed by atoms with Crippen LogP contribution in [0, 0.1) is 6.92 Å². The molecule has 0 spiro atoms. The first-order valence-corrected chi connectivity index (χ1v) is 22.3. The molecule has 5 rings (SSSR count). The highest BCUT2D eigenvalue weighted by molar-refractivity contribution is 7.90. The first kappa shape index (κ1) is 50.9. The summed E-state index contributed by atoms with van der Waals surface area (Å²) in [5, 5.41) is 22.4. The average Bonchev–Trinajstić information content (AvgIpc) is 3.28. The summed E-state index contributed by atoms with van der Waals surface area (Å²) in [6.45, 7) is -0.959. The van der Waals surface area contributed by atoms with Gasteiger partial charge in [0.25, 0.3) is 0 Å². The van der Waals surface area contributed by atoms with Crippen molar-refractivity contribution < 1.29 is 75.2 Å². The lowest BCUT2D eigenvalue weighted by Crippen LogP contribution is -2.55. The van der Waals surface area contributed by atoms with Gasteiger partial charge >= 0.3 is 24.1 Å². The normalized spacial score (nSPS) is 16.6. The molecule has 4 atom stereocenters. The molecule has 0 radical (unpaired) electrons. The van der Waals surface area contributed by atoms with Crippen molar-refractivity contribution in [1.82, 2.24) is 15.5 Å². The zero-order valence-electron chi connectivity index (χ0n) is 35.6. The van der Waals surface area contributed by atoms with E-state index in [1.807, 2.05) is 43.3 Å². The molecule has 2 aliphatic heterocycles. The summed E-state index contributed by atoms with van der Waals surface area (Å²) in [4.78, 5) is 99.2. The van der Waals surface area contributed by atoms with Crippen LogP contribution in [0.25, 0.3) is 0 Å². The number of aryl methyl sites for hydroxylation is 2. The number of amides is 4. The summed E-state index contributed by atoms with van der Waals surface area (Å²) in [5.41, 5.74) is 3.56. The van der Waals surface area contributed by atoms with Gasteiger partial charge in [-0.15, -0.1) is 0 Å². The molecule has 2 unspecified atom stereocenters. The second-order valence-electron chi connectivity index (χ2n) is 15.3. The molecular weight excluding hydrogens is 879 g/mol. The van der Waals surface area contributed by atoms with E-state index in [0.29, 0.717) is 30.5 Å². The Morgan fingerprint density at radius 2 is 1.28 bits per heavy atom. The predicted octanol–water partition coefficient (Wildman–Crippen LogP) is 4.03. The van der Waals surface area contributed by atoms with Crippen LogP contribution in [0.2, 0.25) is 0 Å². The number of Topliss-reactive ketones (excluding diaryl/α,β-unsaturated/α-hetero) is 2. The molecule has 3 aromatic rings. The van der Waals surface area contributed by atoms with Crippen LogP contribution >= 0.6 is 0 Å². The van der Waals surface area contributed by atoms with E-state index < -0.39 is 108 Å². The van der Waals surface area contributed by atoms with Crippen molar-refractivity contribution in [3.05, 3.63) is 95.1 Å². The molecular formula is C44H50F2N4O14S. The van der Waals surface area contributed by atoms with Gasteiger partial charge in [-0.2, -0.15) is 0 Å². The van der Waals surface area contributed by atoms with Crippen molar-refractivity contribution in [3.63, 3.8) is 0 Å². The van der Waals surface area contributed by atoms with E-state index in [4.69, 9.17) is 19.7 Å². The number of benzene rings is 3. The fourth-order valence-electron chi connectivity index (χ4n) is 7.12. The van der Waals surface area contributed by atoms with Gasteiger partial charge in [0.15, 0.2) is 21.4 Å². The number of rotatable bonds is 17. The molecule has 18 nitrogen and oxygen atoms in total. The van der Waals surface area contributed by atoms with Crippen LogP contribution in [0.5, 0.6) is 0 Å². The first-order chi connectivity index (χ1) is 30.8. The van der Waals surface area contributed by atoms with E-state index in [-0.39, 0.29) is 37.5 Å².